The molecule has 0 saturated carbocycles. The molecule has 4 aromatic rings. The van der Waals surface area contributed by atoms with Crippen LogP contribution >= 0.6 is 11.6 Å². The van der Waals surface area contributed by atoms with E-state index in [1.807, 2.05) is 30.3 Å². The highest BCUT2D eigenvalue weighted by molar-refractivity contribution is 6.32. The van der Waals surface area contributed by atoms with Crippen LogP contribution in [0.3, 0.4) is 0 Å². The topological polar surface area (TPSA) is 64.7 Å². The van der Waals surface area contributed by atoms with Gasteiger partial charge in [0.05, 0.1) is 16.9 Å². The molecule has 0 bridgehead atoms. The van der Waals surface area contributed by atoms with Crippen molar-refractivity contribution in [2.45, 2.75) is 0 Å². The minimum Gasteiger partial charge on any atom is -0.368 e. The Morgan fingerprint density at radius 1 is 0.800 bits per heavy atom. The summed E-state index contributed by atoms with van der Waals surface area (Å²) in [5.41, 5.74) is 8.48. The third kappa shape index (κ3) is 2.90. The maximum Gasteiger partial charge on any atom is 0.221 e. The van der Waals surface area contributed by atoms with Crippen LogP contribution in [-0.4, -0.2) is 15.0 Å². The Morgan fingerprint density at radius 3 is 2.28 bits per heavy atom. The van der Waals surface area contributed by atoms with E-state index >= 15 is 0 Å². The van der Waals surface area contributed by atoms with Crippen molar-refractivity contribution in [1.29, 1.82) is 0 Å². The average Bonchev–Trinajstić information content (AvgIpc) is 2.61. The lowest BCUT2D eigenvalue weighted by Gasteiger charge is -2.09. The molecular formula is C19H12ClFN4. The van der Waals surface area contributed by atoms with E-state index in [2.05, 4.69) is 15.0 Å². The molecule has 4 rings (SSSR count). The number of nitrogen functional groups attached to an aromatic ring is 1. The van der Waals surface area contributed by atoms with E-state index in [1.54, 1.807) is 24.3 Å². The van der Waals surface area contributed by atoms with Crippen LogP contribution < -0.4 is 5.73 Å². The number of para-hydroxylation sites is 1. The Balaban J connectivity index is 1.92. The van der Waals surface area contributed by atoms with Gasteiger partial charge < -0.3 is 5.73 Å². The van der Waals surface area contributed by atoms with E-state index in [-0.39, 0.29) is 11.8 Å². The van der Waals surface area contributed by atoms with E-state index in [1.165, 1.54) is 6.07 Å². The van der Waals surface area contributed by atoms with Gasteiger partial charge in [-0.2, -0.15) is 0 Å². The highest BCUT2D eigenvalue weighted by atomic mass is 35.5. The molecule has 2 aromatic heterocycles. The molecule has 6 heteroatoms. The third-order valence-electron chi connectivity index (χ3n) is 3.85. The Kier molecular flexibility index (Phi) is 3.78. The number of anilines is 1. The predicted octanol–water partition coefficient (Wildman–Crippen LogP) is 4.73. The first kappa shape index (κ1) is 15.5. The molecule has 0 aliphatic rings. The van der Waals surface area contributed by atoms with E-state index in [0.29, 0.717) is 27.7 Å². The van der Waals surface area contributed by atoms with E-state index in [4.69, 9.17) is 17.3 Å². The Bertz CT molecular complexity index is 1100. The van der Waals surface area contributed by atoms with Gasteiger partial charge in [-0.15, -0.1) is 0 Å². The molecule has 0 aliphatic heterocycles. The van der Waals surface area contributed by atoms with Gasteiger partial charge in [0, 0.05) is 16.5 Å². The van der Waals surface area contributed by atoms with Crippen molar-refractivity contribution >= 4 is 28.5 Å². The van der Waals surface area contributed by atoms with Crippen LogP contribution in [0.4, 0.5) is 10.3 Å². The normalized spacial score (nSPS) is 11.0. The third-order valence-corrected chi connectivity index (χ3v) is 4.13. The van der Waals surface area contributed by atoms with E-state index < -0.39 is 0 Å². The van der Waals surface area contributed by atoms with Crippen LogP contribution in [0.25, 0.3) is 33.4 Å². The standard InChI is InChI=1S/C19H12ClFN4/c20-18-13(9-11-5-1-4-8-15(11)23-18)17-10-16(24-19(22)25-17)12-6-2-3-7-14(12)21/h1-10H,(H2,22,24,25). The van der Waals surface area contributed by atoms with Crippen molar-refractivity contribution in [2.24, 2.45) is 0 Å². The van der Waals surface area contributed by atoms with Crippen molar-refractivity contribution in [1.82, 2.24) is 15.0 Å². The average molecular weight is 351 g/mol. The Labute approximate surface area is 148 Å². The molecule has 2 N–H and O–H groups in total. The van der Waals surface area contributed by atoms with Gasteiger partial charge in [-0.1, -0.05) is 41.9 Å². The smallest absolute Gasteiger partial charge is 0.221 e. The molecule has 0 spiro atoms. The minimum atomic E-state index is -0.380. The van der Waals surface area contributed by atoms with Gasteiger partial charge in [0.1, 0.15) is 11.0 Å². The summed E-state index contributed by atoms with van der Waals surface area (Å²) in [7, 11) is 0. The summed E-state index contributed by atoms with van der Waals surface area (Å²) < 4.78 is 14.1. The highest BCUT2D eigenvalue weighted by Crippen LogP contribution is 2.31. The summed E-state index contributed by atoms with van der Waals surface area (Å²) in [6.45, 7) is 0. The molecule has 0 atom stereocenters. The first-order valence-corrected chi connectivity index (χ1v) is 7.95. The van der Waals surface area contributed by atoms with Gasteiger partial charge in [0.2, 0.25) is 5.95 Å². The van der Waals surface area contributed by atoms with Crippen molar-refractivity contribution in [2.75, 3.05) is 5.73 Å². The molecule has 0 unspecified atom stereocenters. The van der Waals surface area contributed by atoms with Gasteiger partial charge in [-0.05, 0) is 30.3 Å². The fourth-order valence-corrected chi connectivity index (χ4v) is 2.93. The fourth-order valence-electron chi connectivity index (χ4n) is 2.68. The second-order valence-corrected chi connectivity index (χ2v) is 5.85. The van der Waals surface area contributed by atoms with Crippen molar-refractivity contribution in [3.8, 4) is 22.5 Å². The van der Waals surface area contributed by atoms with Crippen LogP contribution in [0.2, 0.25) is 5.15 Å². The fraction of sp³-hybridized carbons (Fsp3) is 0. The zero-order valence-corrected chi connectivity index (χ0v) is 13.7. The van der Waals surface area contributed by atoms with Gasteiger partial charge >= 0.3 is 0 Å². The number of nitrogens with two attached hydrogens (primary N) is 1. The number of pyridine rings is 1. The molecule has 25 heavy (non-hydrogen) atoms. The maximum atomic E-state index is 14.1. The number of aromatic nitrogens is 3. The first-order chi connectivity index (χ1) is 12.1. The number of hydrogen-bond donors (Lipinski definition) is 1. The molecule has 2 heterocycles. The van der Waals surface area contributed by atoms with Crippen LogP contribution in [0.15, 0.2) is 60.7 Å². The van der Waals surface area contributed by atoms with Crippen molar-refractivity contribution < 1.29 is 4.39 Å². The summed E-state index contributed by atoms with van der Waals surface area (Å²) >= 11 is 6.33. The molecule has 0 saturated heterocycles. The van der Waals surface area contributed by atoms with Gasteiger partial charge in [0.25, 0.3) is 0 Å². The maximum absolute atomic E-state index is 14.1. The highest BCUT2D eigenvalue weighted by Gasteiger charge is 2.14. The zero-order chi connectivity index (χ0) is 17.4. The molecule has 2 aromatic carbocycles. The summed E-state index contributed by atoms with van der Waals surface area (Å²) in [4.78, 5) is 12.8. The summed E-state index contributed by atoms with van der Waals surface area (Å²) in [6.07, 6.45) is 0. The summed E-state index contributed by atoms with van der Waals surface area (Å²) in [5, 5.41) is 1.22. The molecule has 4 nitrogen and oxygen atoms in total. The second kappa shape index (κ2) is 6.11. The molecule has 0 radical (unpaired) electrons. The van der Waals surface area contributed by atoms with Crippen LogP contribution in [0.5, 0.6) is 0 Å². The lowest BCUT2D eigenvalue weighted by Crippen LogP contribution is -2.00. The van der Waals surface area contributed by atoms with Crippen molar-refractivity contribution in [3.05, 3.63) is 71.6 Å². The second-order valence-electron chi connectivity index (χ2n) is 5.50. The van der Waals surface area contributed by atoms with Gasteiger partial charge in [-0.3, -0.25) is 0 Å². The number of hydrogen-bond acceptors (Lipinski definition) is 4. The van der Waals surface area contributed by atoms with E-state index in [0.717, 1.165) is 10.9 Å². The zero-order valence-electron chi connectivity index (χ0n) is 12.9. The Morgan fingerprint density at radius 2 is 1.48 bits per heavy atom. The molecule has 0 amide bonds. The SMILES string of the molecule is Nc1nc(-c2ccccc2F)cc(-c2cc3ccccc3nc2Cl)n1. The van der Waals surface area contributed by atoms with Crippen LogP contribution in [-0.2, 0) is 0 Å². The number of fused-ring (bicyclic) bond motifs is 1. The minimum absolute atomic E-state index is 0.0416. The number of halogens is 2. The molecule has 122 valence electrons. The lowest BCUT2D eigenvalue weighted by molar-refractivity contribution is 0.630. The number of benzene rings is 2. The van der Waals surface area contributed by atoms with Crippen molar-refractivity contribution in [3.63, 3.8) is 0 Å². The molecule has 0 fully saturated rings. The lowest BCUT2D eigenvalue weighted by atomic mass is 10.1. The summed E-state index contributed by atoms with van der Waals surface area (Å²) in [6, 6.07) is 17.5. The van der Waals surface area contributed by atoms with Crippen LogP contribution in [0.1, 0.15) is 0 Å². The molecule has 0 aliphatic carbocycles. The number of rotatable bonds is 2. The quantitative estimate of drug-likeness (QED) is 0.531. The predicted molar refractivity (Wildman–Crippen MR) is 97.6 cm³/mol. The first-order valence-electron chi connectivity index (χ1n) is 7.57. The van der Waals surface area contributed by atoms with Gasteiger partial charge in [-0.25, -0.2) is 19.3 Å². The van der Waals surface area contributed by atoms with Gasteiger partial charge in [0.15, 0.2) is 0 Å². The van der Waals surface area contributed by atoms with Crippen LogP contribution in [0, 0.1) is 5.82 Å². The Hall–Kier alpha value is -3.05. The molecular weight excluding hydrogens is 339 g/mol. The summed E-state index contributed by atoms with van der Waals surface area (Å²) in [5.74, 6) is -0.339. The number of nitrogens with zero attached hydrogens (tertiary/aromatic N) is 3. The largest absolute Gasteiger partial charge is 0.368 e. The van der Waals surface area contributed by atoms with E-state index in [9.17, 15) is 4.39 Å². The monoisotopic (exact) mass is 350 g/mol.